The summed E-state index contributed by atoms with van der Waals surface area (Å²) in [6.07, 6.45) is 3.57. The summed E-state index contributed by atoms with van der Waals surface area (Å²) in [6, 6.07) is 6.66. The van der Waals surface area contributed by atoms with Crippen molar-refractivity contribution in [2.45, 2.75) is 25.4 Å². The van der Waals surface area contributed by atoms with Crippen LogP contribution >= 0.6 is 0 Å². The van der Waals surface area contributed by atoms with Crippen LogP contribution in [0, 0.1) is 5.82 Å². The molecule has 0 bridgehead atoms. The van der Waals surface area contributed by atoms with Crippen molar-refractivity contribution in [3.63, 3.8) is 0 Å². The summed E-state index contributed by atoms with van der Waals surface area (Å²) in [5, 5.41) is 0.537. The predicted molar refractivity (Wildman–Crippen MR) is 83.8 cm³/mol. The Kier molecular flexibility index (Phi) is 4.07. The molecule has 0 radical (unpaired) electrons. The van der Waals surface area contributed by atoms with Crippen molar-refractivity contribution in [2.24, 2.45) is 0 Å². The average Bonchev–Trinajstić information content (AvgIpc) is 2.97. The normalized spacial score (nSPS) is 18.8. The lowest BCUT2D eigenvalue weighted by Gasteiger charge is -2.26. The minimum absolute atomic E-state index is 0.0844. The smallest absolute Gasteiger partial charge is 0.239 e. The predicted octanol–water partition coefficient (Wildman–Crippen LogP) is 2.43. The van der Waals surface area contributed by atoms with Crippen LogP contribution in [-0.2, 0) is 11.3 Å². The molecule has 0 spiro atoms. The Morgan fingerprint density at radius 1 is 1.41 bits per heavy atom. The Morgan fingerprint density at radius 3 is 3.00 bits per heavy atom. The number of halogens is 1. The zero-order valence-electron chi connectivity index (χ0n) is 12.9. The lowest BCUT2D eigenvalue weighted by atomic mass is 10.1. The molecule has 5 heteroatoms. The second-order valence-corrected chi connectivity index (χ2v) is 5.97. The van der Waals surface area contributed by atoms with Gasteiger partial charge in [0, 0.05) is 32.2 Å². The molecule has 1 aliphatic rings. The summed E-state index contributed by atoms with van der Waals surface area (Å²) >= 11 is 0. The van der Waals surface area contributed by atoms with E-state index in [9.17, 15) is 9.18 Å². The number of fused-ring (bicyclic) bond motifs is 1. The third kappa shape index (κ3) is 2.68. The van der Waals surface area contributed by atoms with Gasteiger partial charge in [-0.25, -0.2) is 4.39 Å². The van der Waals surface area contributed by atoms with Gasteiger partial charge < -0.3 is 4.90 Å². The first-order valence-corrected chi connectivity index (χ1v) is 7.55. The van der Waals surface area contributed by atoms with Crippen molar-refractivity contribution in [1.82, 2.24) is 14.8 Å². The number of nitrogens with zero attached hydrogens (tertiary/aromatic N) is 3. The van der Waals surface area contributed by atoms with Gasteiger partial charge >= 0.3 is 0 Å². The highest BCUT2D eigenvalue weighted by Crippen LogP contribution is 2.25. The standard InChI is InChI=1S/C17H20FN3O/c1-20(2)17(22)15-6-4-10-21(15)11-12-7-8-14(18)13-5-3-9-19-16(12)13/h3,5,7-9,15H,4,6,10-11H2,1-2H3/t15-/m0/s1. The van der Waals surface area contributed by atoms with E-state index in [1.54, 1.807) is 43.4 Å². The topological polar surface area (TPSA) is 36.4 Å². The molecule has 1 aromatic carbocycles. The number of aromatic nitrogens is 1. The van der Waals surface area contributed by atoms with Gasteiger partial charge in [0.1, 0.15) is 5.82 Å². The van der Waals surface area contributed by atoms with Gasteiger partial charge in [0.25, 0.3) is 0 Å². The van der Waals surface area contributed by atoms with Gasteiger partial charge in [-0.1, -0.05) is 6.07 Å². The summed E-state index contributed by atoms with van der Waals surface area (Å²) < 4.78 is 13.9. The molecule has 1 atom stereocenters. The Balaban J connectivity index is 1.90. The van der Waals surface area contributed by atoms with E-state index in [1.807, 2.05) is 0 Å². The molecule has 116 valence electrons. The number of rotatable bonds is 3. The molecule has 3 rings (SSSR count). The minimum atomic E-state index is -0.255. The van der Waals surface area contributed by atoms with Crippen molar-refractivity contribution in [3.05, 3.63) is 41.8 Å². The van der Waals surface area contributed by atoms with E-state index >= 15 is 0 Å². The molecule has 1 amide bonds. The third-order valence-corrected chi connectivity index (χ3v) is 4.26. The maximum Gasteiger partial charge on any atom is 0.239 e. The van der Waals surface area contributed by atoms with E-state index in [2.05, 4.69) is 9.88 Å². The quantitative estimate of drug-likeness (QED) is 0.873. The van der Waals surface area contributed by atoms with Gasteiger partial charge in [-0.15, -0.1) is 0 Å². The van der Waals surface area contributed by atoms with Gasteiger partial charge in [-0.2, -0.15) is 0 Å². The maximum absolute atomic E-state index is 13.9. The summed E-state index contributed by atoms with van der Waals surface area (Å²) in [6.45, 7) is 1.51. The Morgan fingerprint density at radius 2 is 2.23 bits per heavy atom. The number of hydrogen-bond acceptors (Lipinski definition) is 3. The van der Waals surface area contributed by atoms with Crippen molar-refractivity contribution in [2.75, 3.05) is 20.6 Å². The van der Waals surface area contributed by atoms with Crippen molar-refractivity contribution in [1.29, 1.82) is 0 Å². The molecule has 1 saturated heterocycles. The molecule has 2 heterocycles. The molecule has 0 saturated carbocycles. The zero-order valence-corrected chi connectivity index (χ0v) is 12.9. The van der Waals surface area contributed by atoms with Crippen LogP contribution in [0.3, 0.4) is 0 Å². The molecule has 0 unspecified atom stereocenters. The van der Waals surface area contributed by atoms with Gasteiger partial charge in [0.15, 0.2) is 0 Å². The van der Waals surface area contributed by atoms with Crippen molar-refractivity contribution < 1.29 is 9.18 Å². The van der Waals surface area contributed by atoms with E-state index in [-0.39, 0.29) is 17.8 Å². The molecule has 1 aliphatic heterocycles. The van der Waals surface area contributed by atoms with Crippen LogP contribution in [0.5, 0.6) is 0 Å². The fourth-order valence-electron chi connectivity index (χ4n) is 3.14. The number of pyridine rings is 1. The highest BCUT2D eigenvalue weighted by Gasteiger charge is 2.31. The second kappa shape index (κ2) is 6.01. The van der Waals surface area contributed by atoms with Crippen LogP contribution in [0.4, 0.5) is 4.39 Å². The number of hydrogen-bond donors (Lipinski definition) is 0. The van der Waals surface area contributed by atoms with E-state index in [1.165, 1.54) is 6.07 Å². The lowest BCUT2D eigenvalue weighted by molar-refractivity contribution is -0.133. The Bertz CT molecular complexity index is 701. The van der Waals surface area contributed by atoms with Gasteiger partial charge in [-0.05, 0) is 43.1 Å². The molecule has 2 aromatic rings. The zero-order chi connectivity index (χ0) is 15.7. The number of likely N-dealkylation sites (N-methyl/N-ethyl adjacent to an activating group) is 1. The van der Waals surface area contributed by atoms with Gasteiger partial charge in [0.2, 0.25) is 5.91 Å². The summed E-state index contributed by atoms with van der Waals surface area (Å²) in [4.78, 5) is 20.4. The number of benzene rings is 1. The molecule has 1 fully saturated rings. The maximum atomic E-state index is 13.9. The van der Waals surface area contributed by atoms with E-state index < -0.39 is 0 Å². The first kappa shape index (κ1) is 14.9. The Labute approximate surface area is 129 Å². The van der Waals surface area contributed by atoms with Crippen LogP contribution < -0.4 is 0 Å². The molecule has 22 heavy (non-hydrogen) atoms. The van der Waals surface area contributed by atoms with Crippen LogP contribution in [0.25, 0.3) is 10.9 Å². The number of carbonyl (C=O) groups excluding carboxylic acids is 1. The first-order chi connectivity index (χ1) is 10.6. The van der Waals surface area contributed by atoms with Gasteiger partial charge in [0.05, 0.1) is 11.6 Å². The SMILES string of the molecule is CN(C)C(=O)[C@@H]1CCCN1Cc1ccc(F)c2cccnc12. The highest BCUT2D eigenvalue weighted by atomic mass is 19.1. The van der Waals surface area contributed by atoms with Crippen molar-refractivity contribution in [3.8, 4) is 0 Å². The van der Waals surface area contributed by atoms with Gasteiger partial charge in [-0.3, -0.25) is 14.7 Å². The van der Waals surface area contributed by atoms with E-state index in [0.29, 0.717) is 17.4 Å². The largest absolute Gasteiger partial charge is 0.347 e. The fraction of sp³-hybridized carbons (Fsp3) is 0.412. The monoisotopic (exact) mass is 301 g/mol. The van der Waals surface area contributed by atoms with Crippen LogP contribution in [0.1, 0.15) is 18.4 Å². The van der Waals surface area contributed by atoms with Crippen LogP contribution in [-0.4, -0.2) is 47.4 Å². The molecule has 1 aromatic heterocycles. The fourth-order valence-corrected chi connectivity index (χ4v) is 3.14. The average molecular weight is 301 g/mol. The summed E-state index contributed by atoms with van der Waals surface area (Å²) in [7, 11) is 3.57. The highest BCUT2D eigenvalue weighted by molar-refractivity contribution is 5.83. The number of amides is 1. The molecular weight excluding hydrogens is 281 g/mol. The molecule has 4 nitrogen and oxygen atoms in total. The van der Waals surface area contributed by atoms with E-state index in [4.69, 9.17) is 0 Å². The lowest BCUT2D eigenvalue weighted by Crippen LogP contribution is -2.42. The Hall–Kier alpha value is -2.01. The molecular formula is C17H20FN3O. The second-order valence-electron chi connectivity index (χ2n) is 5.97. The minimum Gasteiger partial charge on any atom is -0.347 e. The number of likely N-dealkylation sites (tertiary alicyclic amines) is 1. The van der Waals surface area contributed by atoms with Crippen LogP contribution in [0.15, 0.2) is 30.5 Å². The first-order valence-electron chi connectivity index (χ1n) is 7.55. The third-order valence-electron chi connectivity index (χ3n) is 4.26. The van der Waals surface area contributed by atoms with E-state index in [0.717, 1.165) is 24.9 Å². The molecule has 0 N–H and O–H groups in total. The summed E-state index contributed by atoms with van der Waals surface area (Å²) in [5.74, 6) is -0.119. The van der Waals surface area contributed by atoms with Crippen molar-refractivity contribution >= 4 is 16.8 Å². The van der Waals surface area contributed by atoms with Crippen LogP contribution in [0.2, 0.25) is 0 Å². The summed E-state index contributed by atoms with van der Waals surface area (Å²) in [5.41, 5.74) is 1.65. The number of carbonyl (C=O) groups is 1. The molecule has 0 aliphatic carbocycles.